The average Bonchev–Trinajstić information content (AvgIpc) is 2.98. The summed E-state index contributed by atoms with van der Waals surface area (Å²) in [5.74, 6) is 0.635. The van der Waals surface area contributed by atoms with Gasteiger partial charge in [0, 0.05) is 18.2 Å². The van der Waals surface area contributed by atoms with Crippen LogP contribution in [0.5, 0.6) is 0 Å². The lowest BCUT2D eigenvalue weighted by molar-refractivity contribution is 0.00488. The van der Waals surface area contributed by atoms with Crippen molar-refractivity contribution in [3.8, 4) is 0 Å². The highest BCUT2D eigenvalue weighted by atomic mass is 16.3. The van der Waals surface area contributed by atoms with E-state index in [1.165, 1.54) is 12.8 Å². The van der Waals surface area contributed by atoms with E-state index in [9.17, 15) is 5.11 Å². The molecule has 3 heteroatoms. The van der Waals surface area contributed by atoms with E-state index in [0.29, 0.717) is 5.92 Å². The first-order chi connectivity index (χ1) is 9.09. The second-order valence-corrected chi connectivity index (χ2v) is 6.55. The number of nitrogens with zero attached hydrogens (tertiary/aromatic N) is 2. The van der Waals surface area contributed by atoms with Gasteiger partial charge in [0.15, 0.2) is 0 Å². The molecule has 1 heterocycles. The molecule has 1 saturated carbocycles. The summed E-state index contributed by atoms with van der Waals surface area (Å²) in [6.07, 6.45) is 8.47. The Morgan fingerprint density at radius 3 is 2.63 bits per heavy atom. The third-order valence-electron chi connectivity index (χ3n) is 4.46. The fraction of sp³-hybridized carbons (Fsp3) is 0.812. The van der Waals surface area contributed by atoms with E-state index < -0.39 is 0 Å². The van der Waals surface area contributed by atoms with Crippen molar-refractivity contribution in [2.24, 2.45) is 11.3 Å². The lowest BCUT2D eigenvalue weighted by Crippen LogP contribution is -2.29. The second-order valence-electron chi connectivity index (χ2n) is 6.55. The maximum Gasteiger partial charge on any atom is 0.101 e. The van der Waals surface area contributed by atoms with Crippen LogP contribution in [-0.2, 0) is 6.54 Å². The molecule has 19 heavy (non-hydrogen) atoms. The first-order valence-corrected chi connectivity index (χ1v) is 7.79. The maximum absolute atomic E-state index is 11.0. The largest absolute Gasteiger partial charge is 0.386 e. The van der Waals surface area contributed by atoms with Crippen LogP contribution >= 0.6 is 0 Å². The Hall–Kier alpha value is -0.830. The maximum atomic E-state index is 11.0. The van der Waals surface area contributed by atoms with Crippen LogP contribution in [0.2, 0.25) is 0 Å². The fourth-order valence-electron chi connectivity index (χ4n) is 3.77. The van der Waals surface area contributed by atoms with Gasteiger partial charge < -0.3 is 5.11 Å². The van der Waals surface area contributed by atoms with Gasteiger partial charge in [-0.05, 0) is 37.7 Å². The van der Waals surface area contributed by atoms with Crippen molar-refractivity contribution in [3.05, 3.63) is 18.0 Å². The van der Waals surface area contributed by atoms with Gasteiger partial charge in [0.25, 0.3) is 0 Å². The van der Waals surface area contributed by atoms with Gasteiger partial charge in [0.05, 0.1) is 5.69 Å². The first kappa shape index (κ1) is 14.6. The molecular formula is C16H28N2O. The zero-order valence-electron chi connectivity index (χ0n) is 12.6. The third kappa shape index (κ3) is 3.02. The summed E-state index contributed by atoms with van der Waals surface area (Å²) in [6, 6.07) is 2.00. The molecule has 1 unspecified atom stereocenters. The molecule has 0 aliphatic heterocycles. The van der Waals surface area contributed by atoms with Gasteiger partial charge in [-0.1, -0.05) is 33.6 Å². The summed E-state index contributed by atoms with van der Waals surface area (Å²) in [7, 11) is 0. The van der Waals surface area contributed by atoms with Crippen LogP contribution in [-0.4, -0.2) is 14.9 Å². The van der Waals surface area contributed by atoms with Crippen LogP contribution in [0.25, 0.3) is 0 Å². The van der Waals surface area contributed by atoms with E-state index in [-0.39, 0.29) is 11.5 Å². The van der Waals surface area contributed by atoms with E-state index in [2.05, 4.69) is 25.9 Å². The van der Waals surface area contributed by atoms with Gasteiger partial charge in [-0.3, -0.25) is 4.68 Å². The van der Waals surface area contributed by atoms with Crippen molar-refractivity contribution >= 4 is 0 Å². The molecule has 1 N–H and O–H groups in total. The third-order valence-corrected chi connectivity index (χ3v) is 4.46. The number of rotatable bonds is 6. The molecule has 0 amide bonds. The molecule has 0 bridgehead atoms. The minimum absolute atomic E-state index is 0.0830. The van der Waals surface area contributed by atoms with Gasteiger partial charge >= 0.3 is 0 Å². The summed E-state index contributed by atoms with van der Waals surface area (Å²) >= 11 is 0. The van der Waals surface area contributed by atoms with Crippen molar-refractivity contribution in [3.63, 3.8) is 0 Å². The van der Waals surface area contributed by atoms with Crippen LogP contribution < -0.4 is 0 Å². The lowest BCUT2D eigenvalue weighted by Gasteiger charge is -2.36. The highest BCUT2D eigenvalue weighted by Gasteiger charge is 2.42. The molecule has 0 spiro atoms. The van der Waals surface area contributed by atoms with Crippen molar-refractivity contribution < 1.29 is 5.11 Å². The van der Waals surface area contributed by atoms with Crippen LogP contribution in [0.4, 0.5) is 0 Å². The molecule has 0 saturated heterocycles. The van der Waals surface area contributed by atoms with Crippen LogP contribution in [0.1, 0.15) is 71.1 Å². The second kappa shape index (κ2) is 6.08. The SMILES string of the molecule is CCCn1nccc1C(O)C1(CC(C)C)CCCC1. The summed E-state index contributed by atoms with van der Waals surface area (Å²) in [5.41, 5.74) is 1.10. The summed E-state index contributed by atoms with van der Waals surface area (Å²) in [6.45, 7) is 7.57. The molecule has 108 valence electrons. The molecule has 1 aromatic heterocycles. The minimum atomic E-state index is -0.355. The molecule has 0 aromatic carbocycles. The van der Waals surface area contributed by atoms with Gasteiger partial charge in [-0.2, -0.15) is 5.10 Å². The lowest BCUT2D eigenvalue weighted by atomic mass is 9.73. The van der Waals surface area contributed by atoms with Crippen molar-refractivity contribution in [1.29, 1.82) is 0 Å². The minimum Gasteiger partial charge on any atom is -0.386 e. The molecule has 2 rings (SSSR count). The zero-order chi connectivity index (χ0) is 13.9. The smallest absolute Gasteiger partial charge is 0.101 e. The molecule has 3 nitrogen and oxygen atoms in total. The Morgan fingerprint density at radius 1 is 1.37 bits per heavy atom. The number of aliphatic hydroxyl groups excluding tert-OH is 1. The van der Waals surface area contributed by atoms with Crippen molar-refractivity contribution in [1.82, 2.24) is 9.78 Å². The standard InChI is InChI=1S/C16H28N2O/c1-4-11-18-14(7-10-17-18)15(19)16(12-13(2)3)8-5-6-9-16/h7,10,13,15,19H,4-6,8-9,11-12H2,1-3H3. The molecule has 1 aliphatic rings. The van der Waals surface area contributed by atoms with Crippen molar-refractivity contribution in [2.75, 3.05) is 0 Å². The van der Waals surface area contributed by atoms with E-state index >= 15 is 0 Å². The number of hydrogen-bond donors (Lipinski definition) is 1. The molecule has 1 fully saturated rings. The fourth-order valence-corrected chi connectivity index (χ4v) is 3.77. The summed E-state index contributed by atoms with van der Waals surface area (Å²) in [4.78, 5) is 0. The van der Waals surface area contributed by atoms with E-state index in [0.717, 1.165) is 37.9 Å². The number of aliphatic hydroxyl groups is 1. The number of aromatic nitrogens is 2. The van der Waals surface area contributed by atoms with Gasteiger partial charge in [0.2, 0.25) is 0 Å². The normalized spacial score (nSPS) is 20.1. The van der Waals surface area contributed by atoms with Gasteiger partial charge in [0.1, 0.15) is 6.10 Å². The zero-order valence-corrected chi connectivity index (χ0v) is 12.6. The van der Waals surface area contributed by atoms with Gasteiger partial charge in [-0.15, -0.1) is 0 Å². The van der Waals surface area contributed by atoms with Crippen LogP contribution in [0, 0.1) is 11.3 Å². The monoisotopic (exact) mass is 264 g/mol. The average molecular weight is 264 g/mol. The Kier molecular flexibility index (Phi) is 4.67. The molecule has 1 aliphatic carbocycles. The van der Waals surface area contributed by atoms with Crippen LogP contribution in [0.15, 0.2) is 12.3 Å². The topological polar surface area (TPSA) is 38.0 Å². The predicted octanol–water partition coefficient (Wildman–Crippen LogP) is 3.93. The highest BCUT2D eigenvalue weighted by molar-refractivity contribution is 5.10. The molecule has 1 atom stereocenters. The summed E-state index contributed by atoms with van der Waals surface area (Å²) in [5, 5.41) is 15.3. The quantitative estimate of drug-likeness (QED) is 0.845. The first-order valence-electron chi connectivity index (χ1n) is 7.79. The molecule has 1 aromatic rings. The Labute approximate surface area is 117 Å². The highest BCUT2D eigenvalue weighted by Crippen LogP contribution is 2.51. The predicted molar refractivity (Wildman–Crippen MR) is 77.8 cm³/mol. The van der Waals surface area contributed by atoms with E-state index in [1.54, 1.807) is 0 Å². The Bertz CT molecular complexity index is 391. The Morgan fingerprint density at radius 2 is 2.05 bits per heavy atom. The molecule has 0 radical (unpaired) electrons. The van der Waals surface area contributed by atoms with E-state index in [1.807, 2.05) is 16.9 Å². The number of hydrogen-bond acceptors (Lipinski definition) is 2. The summed E-state index contributed by atoms with van der Waals surface area (Å²) < 4.78 is 1.99. The van der Waals surface area contributed by atoms with E-state index in [4.69, 9.17) is 0 Å². The van der Waals surface area contributed by atoms with Crippen molar-refractivity contribution in [2.45, 2.75) is 71.9 Å². The Balaban J connectivity index is 2.23. The number of aryl methyl sites for hydroxylation is 1. The molecular weight excluding hydrogens is 236 g/mol. The van der Waals surface area contributed by atoms with Crippen LogP contribution in [0.3, 0.4) is 0 Å². The van der Waals surface area contributed by atoms with Gasteiger partial charge in [-0.25, -0.2) is 0 Å².